The number of amides is 1. The van der Waals surface area contributed by atoms with E-state index in [4.69, 9.17) is 4.74 Å². The molecule has 0 fully saturated rings. The third-order valence-corrected chi connectivity index (χ3v) is 4.37. The minimum absolute atomic E-state index is 0.206. The lowest BCUT2D eigenvalue weighted by Crippen LogP contribution is -2.36. The van der Waals surface area contributed by atoms with Gasteiger partial charge in [-0.3, -0.25) is 9.88 Å². The zero-order chi connectivity index (χ0) is 19.8. The van der Waals surface area contributed by atoms with Crippen molar-refractivity contribution in [1.29, 1.82) is 0 Å². The third kappa shape index (κ3) is 4.10. The summed E-state index contributed by atoms with van der Waals surface area (Å²) in [6.07, 6.45) is 1.23. The molecule has 0 bridgehead atoms. The first kappa shape index (κ1) is 18.9. The van der Waals surface area contributed by atoms with E-state index in [1.165, 1.54) is 17.0 Å². The highest BCUT2D eigenvalue weighted by molar-refractivity contribution is 5.90. The van der Waals surface area contributed by atoms with Crippen LogP contribution in [0.25, 0.3) is 10.9 Å². The van der Waals surface area contributed by atoms with Crippen molar-refractivity contribution in [2.75, 3.05) is 4.90 Å². The Morgan fingerprint density at radius 2 is 1.85 bits per heavy atom. The molecular formula is C21H24FN3O2. The van der Waals surface area contributed by atoms with Gasteiger partial charge >= 0.3 is 6.09 Å². The normalized spacial score (nSPS) is 11.6. The summed E-state index contributed by atoms with van der Waals surface area (Å²) >= 11 is 0. The number of pyridine rings is 1. The topological polar surface area (TPSA) is 58.2 Å². The van der Waals surface area contributed by atoms with E-state index in [2.05, 4.69) is 9.97 Å². The molecule has 2 heterocycles. The number of rotatable bonds is 3. The molecule has 0 spiro atoms. The number of hydrogen-bond donors (Lipinski definition) is 1. The van der Waals surface area contributed by atoms with Crippen molar-refractivity contribution in [1.82, 2.24) is 9.97 Å². The van der Waals surface area contributed by atoms with E-state index < -0.39 is 11.7 Å². The molecule has 0 aliphatic carbocycles. The van der Waals surface area contributed by atoms with E-state index in [-0.39, 0.29) is 12.4 Å². The number of H-pyrrole nitrogens is 1. The van der Waals surface area contributed by atoms with Crippen LogP contribution in [0.3, 0.4) is 0 Å². The van der Waals surface area contributed by atoms with Crippen LogP contribution in [0.1, 0.15) is 37.7 Å². The van der Waals surface area contributed by atoms with E-state index in [9.17, 15) is 9.18 Å². The van der Waals surface area contributed by atoms with Crippen LogP contribution in [0, 0.1) is 19.7 Å². The molecule has 1 N–H and O–H groups in total. The van der Waals surface area contributed by atoms with Crippen LogP contribution in [0.2, 0.25) is 0 Å². The molecule has 3 aromatic rings. The fourth-order valence-corrected chi connectivity index (χ4v) is 2.91. The second-order valence-electron chi connectivity index (χ2n) is 7.60. The summed E-state index contributed by atoms with van der Waals surface area (Å²) in [5.41, 5.74) is 3.73. The summed E-state index contributed by atoms with van der Waals surface area (Å²) in [5.74, 6) is -0.362. The predicted octanol–water partition coefficient (Wildman–Crippen LogP) is 5.26. The number of benzene rings is 1. The van der Waals surface area contributed by atoms with E-state index in [1.54, 1.807) is 18.3 Å². The SMILES string of the molecule is Cc1[nH]c2c(CN(C(=O)OC(C)(C)C)c3ccc(F)cc3)nccc2c1C. The molecule has 6 heteroatoms. The number of anilines is 1. The smallest absolute Gasteiger partial charge is 0.415 e. The fraction of sp³-hybridized carbons (Fsp3) is 0.333. The van der Waals surface area contributed by atoms with Gasteiger partial charge in [0.25, 0.3) is 0 Å². The van der Waals surface area contributed by atoms with E-state index >= 15 is 0 Å². The number of carbonyl (C=O) groups is 1. The first-order chi connectivity index (χ1) is 12.7. The molecular weight excluding hydrogens is 345 g/mol. The maximum atomic E-state index is 13.4. The first-order valence-electron chi connectivity index (χ1n) is 8.84. The van der Waals surface area contributed by atoms with Crippen LogP contribution in [0.4, 0.5) is 14.9 Å². The molecule has 27 heavy (non-hydrogen) atoms. The lowest BCUT2D eigenvalue weighted by molar-refractivity contribution is 0.0577. The second kappa shape index (κ2) is 7.02. The minimum atomic E-state index is -0.644. The van der Waals surface area contributed by atoms with Crippen molar-refractivity contribution >= 4 is 22.7 Å². The van der Waals surface area contributed by atoms with Crippen LogP contribution in [0.15, 0.2) is 36.5 Å². The van der Waals surface area contributed by atoms with Gasteiger partial charge in [-0.15, -0.1) is 0 Å². The lowest BCUT2D eigenvalue weighted by atomic mass is 10.1. The molecule has 5 nitrogen and oxygen atoms in total. The Balaban J connectivity index is 2.02. The third-order valence-electron chi connectivity index (χ3n) is 4.37. The number of aromatic nitrogens is 2. The van der Waals surface area contributed by atoms with E-state index in [0.717, 1.165) is 27.9 Å². The van der Waals surface area contributed by atoms with Crippen molar-refractivity contribution < 1.29 is 13.9 Å². The Morgan fingerprint density at radius 1 is 1.19 bits per heavy atom. The zero-order valence-electron chi connectivity index (χ0n) is 16.3. The fourth-order valence-electron chi connectivity index (χ4n) is 2.91. The van der Waals surface area contributed by atoms with Crippen LogP contribution >= 0.6 is 0 Å². The van der Waals surface area contributed by atoms with Crippen LogP contribution in [0.5, 0.6) is 0 Å². The van der Waals surface area contributed by atoms with Crippen LogP contribution in [-0.4, -0.2) is 21.7 Å². The van der Waals surface area contributed by atoms with E-state index in [1.807, 2.05) is 40.7 Å². The van der Waals surface area contributed by atoms with Gasteiger partial charge in [-0.25, -0.2) is 9.18 Å². The highest BCUT2D eigenvalue weighted by atomic mass is 19.1. The molecule has 2 aromatic heterocycles. The van der Waals surface area contributed by atoms with Gasteiger partial charge in [0.2, 0.25) is 0 Å². The van der Waals surface area contributed by atoms with Gasteiger partial charge in [-0.05, 0) is 70.5 Å². The lowest BCUT2D eigenvalue weighted by Gasteiger charge is -2.27. The number of halogens is 1. The maximum absolute atomic E-state index is 13.4. The molecule has 1 aromatic carbocycles. The molecule has 0 unspecified atom stereocenters. The first-order valence-corrected chi connectivity index (χ1v) is 8.84. The molecule has 1 amide bonds. The number of nitrogens with zero attached hydrogens (tertiary/aromatic N) is 2. The monoisotopic (exact) mass is 369 g/mol. The second-order valence-corrected chi connectivity index (χ2v) is 7.60. The summed E-state index contributed by atoms with van der Waals surface area (Å²) in [4.78, 5) is 22.1. The summed E-state index contributed by atoms with van der Waals surface area (Å²) in [5, 5.41) is 1.07. The van der Waals surface area contributed by atoms with Gasteiger partial charge in [0, 0.05) is 23.0 Å². The van der Waals surface area contributed by atoms with E-state index in [0.29, 0.717) is 5.69 Å². The summed E-state index contributed by atoms with van der Waals surface area (Å²) < 4.78 is 18.9. The highest BCUT2D eigenvalue weighted by Gasteiger charge is 2.25. The molecule has 0 saturated carbocycles. The van der Waals surface area contributed by atoms with Gasteiger partial charge < -0.3 is 9.72 Å². The number of hydrogen-bond acceptors (Lipinski definition) is 3. The Morgan fingerprint density at radius 3 is 2.48 bits per heavy atom. The average molecular weight is 369 g/mol. The zero-order valence-corrected chi connectivity index (χ0v) is 16.3. The molecule has 0 saturated heterocycles. The van der Waals surface area contributed by atoms with Gasteiger partial charge in [0.1, 0.15) is 11.4 Å². The number of carbonyl (C=O) groups excluding carboxylic acids is 1. The van der Waals surface area contributed by atoms with Gasteiger partial charge in [0.15, 0.2) is 0 Å². The maximum Gasteiger partial charge on any atom is 0.415 e. The van der Waals surface area contributed by atoms with Crippen molar-refractivity contribution in [2.24, 2.45) is 0 Å². The van der Waals surface area contributed by atoms with Crippen molar-refractivity contribution in [2.45, 2.75) is 46.8 Å². The van der Waals surface area contributed by atoms with Crippen molar-refractivity contribution in [3.05, 3.63) is 59.3 Å². The molecule has 142 valence electrons. The Labute approximate surface area is 158 Å². The minimum Gasteiger partial charge on any atom is -0.443 e. The number of aryl methyl sites for hydroxylation is 2. The Kier molecular flexibility index (Phi) is 4.91. The average Bonchev–Trinajstić information content (AvgIpc) is 2.88. The molecule has 0 atom stereocenters. The molecule has 0 radical (unpaired) electrons. The van der Waals surface area contributed by atoms with Gasteiger partial charge in [-0.1, -0.05) is 0 Å². The molecule has 0 aliphatic heterocycles. The Hall–Kier alpha value is -2.89. The van der Waals surface area contributed by atoms with Crippen molar-refractivity contribution in [3.8, 4) is 0 Å². The van der Waals surface area contributed by atoms with Crippen LogP contribution in [-0.2, 0) is 11.3 Å². The number of nitrogens with one attached hydrogen (secondary N) is 1. The quantitative estimate of drug-likeness (QED) is 0.685. The molecule has 3 rings (SSSR count). The van der Waals surface area contributed by atoms with Crippen LogP contribution < -0.4 is 4.90 Å². The highest BCUT2D eigenvalue weighted by Crippen LogP contribution is 2.26. The van der Waals surface area contributed by atoms with Gasteiger partial charge in [-0.2, -0.15) is 0 Å². The summed E-state index contributed by atoms with van der Waals surface area (Å²) in [6.45, 7) is 9.69. The largest absolute Gasteiger partial charge is 0.443 e. The Bertz CT molecular complexity index is 971. The number of ether oxygens (including phenoxy) is 1. The number of aromatic amines is 1. The summed E-state index contributed by atoms with van der Waals surface area (Å²) in [7, 11) is 0. The standard InChI is InChI=1S/C21H24FN3O2/c1-13-14(2)24-19-17(13)10-11-23-18(19)12-25(20(26)27-21(3,4)5)16-8-6-15(22)7-9-16/h6-11,24H,12H2,1-5H3. The number of fused-ring (bicyclic) bond motifs is 1. The molecule has 0 aliphatic rings. The van der Waals surface area contributed by atoms with Crippen molar-refractivity contribution in [3.63, 3.8) is 0 Å². The predicted molar refractivity (Wildman–Crippen MR) is 104 cm³/mol. The summed E-state index contributed by atoms with van der Waals surface area (Å²) in [6, 6.07) is 7.72. The van der Waals surface area contributed by atoms with Gasteiger partial charge in [0.05, 0.1) is 17.8 Å².